The summed E-state index contributed by atoms with van der Waals surface area (Å²) in [6, 6.07) is 5.32. The fraction of sp³-hybridized carbons (Fsp3) is 0.533. The Labute approximate surface area is 130 Å². The van der Waals surface area contributed by atoms with E-state index in [0.29, 0.717) is 10.9 Å². The van der Waals surface area contributed by atoms with Gasteiger partial charge in [-0.2, -0.15) is 0 Å². The number of hydrogen-bond acceptors (Lipinski definition) is 3. The van der Waals surface area contributed by atoms with Crippen LogP contribution in [0.25, 0.3) is 11.0 Å². The van der Waals surface area contributed by atoms with Crippen LogP contribution in [0.1, 0.15) is 32.0 Å². The largest absolute Gasteiger partial charge is 0.326 e. The molecule has 0 spiro atoms. The molecule has 0 radical (unpaired) electrons. The van der Waals surface area contributed by atoms with Crippen molar-refractivity contribution < 1.29 is 8.42 Å². The molecule has 1 aliphatic rings. The fourth-order valence-electron chi connectivity index (χ4n) is 2.88. The molecule has 1 fully saturated rings. The Morgan fingerprint density at radius 3 is 2.62 bits per heavy atom. The van der Waals surface area contributed by atoms with Crippen molar-refractivity contribution in [3.05, 3.63) is 24.0 Å². The highest BCUT2D eigenvalue weighted by molar-refractivity contribution is 7.91. The summed E-state index contributed by atoms with van der Waals surface area (Å²) in [5.74, 6) is 1.04. The molecule has 0 amide bonds. The summed E-state index contributed by atoms with van der Waals surface area (Å²) in [6.45, 7) is 3.07. The van der Waals surface area contributed by atoms with Gasteiger partial charge in [0.25, 0.3) is 0 Å². The van der Waals surface area contributed by atoms with Crippen LogP contribution >= 0.6 is 11.6 Å². The molecule has 6 heteroatoms. The van der Waals surface area contributed by atoms with Gasteiger partial charge >= 0.3 is 0 Å². The smallest absolute Gasteiger partial charge is 0.177 e. The van der Waals surface area contributed by atoms with E-state index in [-0.39, 0.29) is 10.8 Å². The van der Waals surface area contributed by atoms with Crippen LogP contribution in [0.15, 0.2) is 23.1 Å². The fourth-order valence-corrected chi connectivity index (χ4v) is 3.91. The van der Waals surface area contributed by atoms with Crippen molar-refractivity contribution in [1.29, 1.82) is 0 Å². The number of hydrogen-bond donors (Lipinski definition) is 0. The molecule has 0 unspecified atom stereocenters. The van der Waals surface area contributed by atoms with Gasteiger partial charge in [0.2, 0.25) is 0 Å². The minimum atomic E-state index is -3.29. The standard InChI is InChI=1S/C15H19ClN2O2S/c1-3-15(7-8-15)10-18-11-5-4-6-12(21(2,19)20)14(11)17-13(18)9-16/h4-6H,3,7-10H2,1-2H3. The second-order valence-electron chi connectivity index (χ2n) is 6.00. The van der Waals surface area contributed by atoms with Crippen LogP contribution in [0, 0.1) is 5.41 Å². The maximum absolute atomic E-state index is 11.9. The lowest BCUT2D eigenvalue weighted by molar-refractivity contribution is 0.410. The summed E-state index contributed by atoms with van der Waals surface area (Å²) in [4.78, 5) is 4.78. The average Bonchev–Trinajstić information content (AvgIpc) is 3.13. The van der Waals surface area contributed by atoms with Crippen molar-refractivity contribution >= 4 is 32.5 Å². The van der Waals surface area contributed by atoms with Crippen LogP contribution < -0.4 is 0 Å². The Kier molecular flexibility index (Phi) is 3.53. The average molecular weight is 327 g/mol. The SMILES string of the molecule is CCC1(Cn2c(CCl)nc3c(S(C)(=O)=O)cccc32)CC1. The summed E-state index contributed by atoms with van der Waals surface area (Å²) in [5.41, 5.74) is 1.76. The van der Waals surface area contributed by atoms with Gasteiger partial charge in [-0.3, -0.25) is 0 Å². The Hall–Kier alpha value is -1.07. The van der Waals surface area contributed by atoms with Crippen molar-refractivity contribution in [2.45, 2.75) is 43.5 Å². The summed E-state index contributed by atoms with van der Waals surface area (Å²) in [5, 5.41) is 0. The van der Waals surface area contributed by atoms with Gasteiger partial charge < -0.3 is 4.57 Å². The predicted octanol–water partition coefficient (Wildman–Crippen LogP) is 3.37. The van der Waals surface area contributed by atoms with Crippen molar-refractivity contribution in [3.63, 3.8) is 0 Å². The van der Waals surface area contributed by atoms with Gasteiger partial charge in [0.15, 0.2) is 9.84 Å². The monoisotopic (exact) mass is 326 g/mol. The number of aromatic nitrogens is 2. The highest BCUT2D eigenvalue weighted by atomic mass is 35.5. The molecule has 0 N–H and O–H groups in total. The first-order valence-corrected chi connectivity index (χ1v) is 9.57. The highest BCUT2D eigenvalue weighted by Crippen LogP contribution is 2.50. The first kappa shape index (κ1) is 14.9. The zero-order valence-corrected chi connectivity index (χ0v) is 13.8. The first-order valence-electron chi connectivity index (χ1n) is 7.14. The van der Waals surface area contributed by atoms with E-state index in [9.17, 15) is 8.42 Å². The van der Waals surface area contributed by atoms with Gasteiger partial charge in [0.05, 0.1) is 16.3 Å². The maximum atomic E-state index is 11.9. The van der Waals surface area contributed by atoms with Crippen LogP contribution in [0.5, 0.6) is 0 Å². The van der Waals surface area contributed by atoms with Crippen molar-refractivity contribution in [3.8, 4) is 0 Å². The molecule has 0 aliphatic heterocycles. The number of halogens is 1. The normalized spacial score (nSPS) is 17.3. The number of para-hydroxylation sites is 1. The van der Waals surface area contributed by atoms with Crippen LogP contribution in [0.2, 0.25) is 0 Å². The van der Waals surface area contributed by atoms with Crippen LogP contribution in [-0.2, 0) is 22.3 Å². The molecule has 4 nitrogen and oxygen atoms in total. The van der Waals surface area contributed by atoms with Gasteiger partial charge in [0.1, 0.15) is 11.3 Å². The molecule has 0 saturated heterocycles. The molecule has 1 saturated carbocycles. The zero-order valence-electron chi connectivity index (χ0n) is 12.3. The van der Waals surface area contributed by atoms with E-state index in [1.807, 2.05) is 6.07 Å². The maximum Gasteiger partial charge on any atom is 0.177 e. The molecular formula is C15H19ClN2O2S. The summed E-state index contributed by atoms with van der Waals surface area (Å²) in [7, 11) is -3.29. The highest BCUT2D eigenvalue weighted by Gasteiger charge is 2.41. The van der Waals surface area contributed by atoms with Gasteiger partial charge in [-0.25, -0.2) is 13.4 Å². The molecule has 21 heavy (non-hydrogen) atoms. The molecule has 0 bridgehead atoms. The lowest BCUT2D eigenvalue weighted by Gasteiger charge is -2.16. The Morgan fingerprint density at radius 1 is 1.38 bits per heavy atom. The van der Waals surface area contributed by atoms with Gasteiger partial charge in [-0.05, 0) is 36.8 Å². The van der Waals surface area contributed by atoms with Gasteiger partial charge in [0, 0.05) is 12.8 Å². The van der Waals surface area contributed by atoms with E-state index >= 15 is 0 Å². The molecule has 2 aromatic rings. The van der Waals surface area contributed by atoms with Crippen molar-refractivity contribution in [1.82, 2.24) is 9.55 Å². The number of alkyl halides is 1. The number of sulfone groups is 1. The Balaban J connectivity index is 2.20. The van der Waals surface area contributed by atoms with E-state index in [4.69, 9.17) is 11.6 Å². The molecule has 0 atom stereocenters. The third-order valence-electron chi connectivity index (χ3n) is 4.54. The second kappa shape index (κ2) is 4.99. The van der Waals surface area contributed by atoms with Crippen molar-refractivity contribution in [2.24, 2.45) is 5.41 Å². The molecule has 1 heterocycles. The number of nitrogens with zero attached hydrogens (tertiary/aromatic N) is 2. The molecule has 1 aromatic heterocycles. The molecule has 114 valence electrons. The number of imidazole rings is 1. The minimum Gasteiger partial charge on any atom is -0.326 e. The van der Waals surface area contributed by atoms with E-state index in [1.54, 1.807) is 12.1 Å². The molecule has 1 aromatic carbocycles. The second-order valence-corrected chi connectivity index (χ2v) is 8.25. The van der Waals surface area contributed by atoms with E-state index < -0.39 is 9.84 Å². The van der Waals surface area contributed by atoms with E-state index in [0.717, 1.165) is 24.3 Å². The van der Waals surface area contributed by atoms with Crippen molar-refractivity contribution in [2.75, 3.05) is 6.26 Å². The minimum absolute atomic E-state index is 0.284. The predicted molar refractivity (Wildman–Crippen MR) is 84.4 cm³/mol. The van der Waals surface area contributed by atoms with Gasteiger partial charge in [-0.1, -0.05) is 13.0 Å². The Morgan fingerprint density at radius 2 is 2.10 bits per heavy atom. The lowest BCUT2D eigenvalue weighted by atomic mass is 10.0. The zero-order chi connectivity index (χ0) is 15.3. The summed E-state index contributed by atoms with van der Waals surface area (Å²) >= 11 is 6.03. The molecular weight excluding hydrogens is 308 g/mol. The molecule has 3 rings (SSSR count). The number of rotatable bonds is 5. The third-order valence-corrected chi connectivity index (χ3v) is 5.91. The summed E-state index contributed by atoms with van der Waals surface area (Å²) < 4.78 is 26.0. The van der Waals surface area contributed by atoms with Crippen LogP contribution in [0.3, 0.4) is 0 Å². The van der Waals surface area contributed by atoms with E-state index in [1.165, 1.54) is 19.1 Å². The topological polar surface area (TPSA) is 52.0 Å². The van der Waals surface area contributed by atoms with Crippen LogP contribution in [0.4, 0.5) is 0 Å². The number of fused-ring (bicyclic) bond motifs is 1. The number of benzene rings is 1. The quantitative estimate of drug-likeness (QED) is 0.792. The lowest BCUT2D eigenvalue weighted by Crippen LogP contribution is -2.12. The summed E-state index contributed by atoms with van der Waals surface area (Å²) in [6.07, 6.45) is 4.78. The van der Waals surface area contributed by atoms with E-state index in [2.05, 4.69) is 16.5 Å². The third kappa shape index (κ3) is 2.57. The first-order chi connectivity index (χ1) is 9.90. The van der Waals surface area contributed by atoms with Crippen LogP contribution in [-0.4, -0.2) is 24.2 Å². The Bertz CT molecular complexity index is 791. The molecule has 1 aliphatic carbocycles. The van der Waals surface area contributed by atoms with Gasteiger partial charge in [-0.15, -0.1) is 11.6 Å².